The van der Waals surface area contributed by atoms with E-state index in [1.54, 1.807) is 0 Å². The van der Waals surface area contributed by atoms with E-state index in [2.05, 4.69) is 0 Å². The lowest BCUT2D eigenvalue weighted by Gasteiger charge is -2.54. The van der Waals surface area contributed by atoms with Crippen molar-refractivity contribution in [2.45, 2.75) is 43.6 Å². The van der Waals surface area contributed by atoms with Crippen molar-refractivity contribution in [3.05, 3.63) is 35.9 Å². The first kappa shape index (κ1) is 15.2. The first-order chi connectivity index (χ1) is 11.3. The topological polar surface area (TPSA) is 72.5 Å². The lowest BCUT2D eigenvalue weighted by Crippen LogP contribution is -2.74. The van der Waals surface area contributed by atoms with Crippen LogP contribution in [0.25, 0.3) is 0 Å². The van der Waals surface area contributed by atoms with Crippen LogP contribution in [0.1, 0.15) is 5.56 Å². The molecule has 5 rings (SSSR count). The van der Waals surface area contributed by atoms with E-state index >= 15 is 0 Å². The molecule has 0 radical (unpaired) electrons. The summed E-state index contributed by atoms with van der Waals surface area (Å²) in [5.41, 5.74) is 1.01. The van der Waals surface area contributed by atoms with Crippen molar-refractivity contribution in [3.63, 3.8) is 0 Å². The van der Waals surface area contributed by atoms with E-state index in [4.69, 9.17) is 28.4 Å². The molecule has 0 aromatic heterocycles. The average molecular weight is 322 g/mol. The monoisotopic (exact) mass is 322 g/mol. The number of benzene rings is 1. The van der Waals surface area contributed by atoms with E-state index in [0.717, 1.165) is 5.56 Å². The summed E-state index contributed by atoms with van der Waals surface area (Å²) >= 11 is 0. The molecule has 7 heteroatoms. The highest BCUT2D eigenvalue weighted by Crippen LogP contribution is 2.40. The first-order valence-electron chi connectivity index (χ1n) is 7.54. The third-order valence-corrected chi connectivity index (χ3v) is 4.25. The van der Waals surface area contributed by atoms with Crippen LogP contribution in [0.4, 0.5) is 0 Å². The van der Waals surface area contributed by atoms with Gasteiger partial charge in [-0.2, -0.15) is 0 Å². The Morgan fingerprint density at radius 2 is 1.70 bits per heavy atom. The fourth-order valence-corrected chi connectivity index (χ4v) is 3.20. The van der Waals surface area contributed by atoms with Crippen LogP contribution in [0.5, 0.6) is 0 Å². The van der Waals surface area contributed by atoms with Gasteiger partial charge in [0.1, 0.15) is 25.1 Å². The molecular weight excluding hydrogens is 304 g/mol. The molecule has 4 aliphatic rings. The SMILES string of the molecule is COCO[C@@H]1[C@H]2O[C@H]3O[C@@H]1C(=O)[C@H](O3)[C@H]2OCc1ccccc1. The van der Waals surface area contributed by atoms with Crippen LogP contribution in [0, 0.1) is 0 Å². The van der Waals surface area contributed by atoms with E-state index in [9.17, 15) is 4.79 Å². The number of hydrogen-bond acceptors (Lipinski definition) is 7. The molecule has 4 fully saturated rings. The van der Waals surface area contributed by atoms with Crippen molar-refractivity contribution in [3.8, 4) is 0 Å². The van der Waals surface area contributed by atoms with Crippen LogP contribution >= 0.6 is 0 Å². The molecular formula is C16H18O7. The zero-order chi connectivity index (χ0) is 15.8. The van der Waals surface area contributed by atoms with Gasteiger partial charge in [-0.3, -0.25) is 4.79 Å². The standard InChI is InChI=1S/C16H18O7/c1-18-8-20-14-12-10(17)11-13(15(14)23-16(21-11)22-12)19-7-9-5-3-2-4-6-9/h2-6,11-16H,7-8H2,1H3/t11-,12+,13+,14-,15-,16+/m0/s1. The molecule has 1 aliphatic carbocycles. The summed E-state index contributed by atoms with van der Waals surface area (Å²) in [5.74, 6) is -0.167. The maximum Gasteiger partial charge on any atom is 0.273 e. The summed E-state index contributed by atoms with van der Waals surface area (Å²) in [6.45, 7) is -0.406. The number of Topliss-reactive ketones (excluding diaryl/α,β-unsaturated/α-hetero) is 1. The quantitative estimate of drug-likeness (QED) is 0.711. The fourth-order valence-electron chi connectivity index (χ4n) is 3.20. The van der Waals surface area contributed by atoms with Crippen molar-refractivity contribution in [2.24, 2.45) is 0 Å². The summed E-state index contributed by atoms with van der Waals surface area (Å²) in [7, 11) is 1.52. The number of rotatable bonds is 6. The lowest BCUT2D eigenvalue weighted by atomic mass is 9.83. The van der Waals surface area contributed by atoms with E-state index < -0.39 is 37.0 Å². The summed E-state index contributed by atoms with van der Waals surface area (Å²) in [5, 5.41) is 0. The Kier molecular flexibility index (Phi) is 4.14. The maximum atomic E-state index is 12.5. The molecule has 0 amide bonds. The Morgan fingerprint density at radius 1 is 1.00 bits per heavy atom. The number of hydrogen-bond donors (Lipinski definition) is 0. The second-order valence-corrected chi connectivity index (χ2v) is 5.70. The predicted octanol–water partition coefficient (Wildman–Crippen LogP) is 0.610. The van der Waals surface area contributed by atoms with Gasteiger partial charge in [-0.05, 0) is 5.56 Å². The van der Waals surface area contributed by atoms with Gasteiger partial charge in [-0.25, -0.2) is 0 Å². The first-order valence-corrected chi connectivity index (χ1v) is 7.54. The third-order valence-electron chi connectivity index (χ3n) is 4.25. The van der Waals surface area contributed by atoms with Gasteiger partial charge in [0.25, 0.3) is 6.48 Å². The Bertz CT molecular complexity index is 563. The number of ketones is 1. The van der Waals surface area contributed by atoms with Crippen LogP contribution < -0.4 is 0 Å². The van der Waals surface area contributed by atoms with Crippen molar-refractivity contribution in [2.75, 3.05) is 13.9 Å². The highest BCUT2D eigenvalue weighted by atomic mass is 16.9. The second kappa shape index (κ2) is 6.27. The van der Waals surface area contributed by atoms with Crippen LogP contribution in [0.2, 0.25) is 0 Å². The molecule has 0 unspecified atom stereocenters. The van der Waals surface area contributed by atoms with Crippen LogP contribution in [0.15, 0.2) is 30.3 Å². The minimum Gasteiger partial charge on any atom is -0.368 e. The third kappa shape index (κ3) is 2.69. The molecule has 124 valence electrons. The molecule has 3 heterocycles. The van der Waals surface area contributed by atoms with Gasteiger partial charge >= 0.3 is 0 Å². The van der Waals surface area contributed by atoms with Crippen molar-refractivity contribution >= 4 is 5.78 Å². The van der Waals surface area contributed by atoms with Gasteiger partial charge in [0.05, 0.1) is 6.61 Å². The molecule has 23 heavy (non-hydrogen) atoms. The minimum absolute atomic E-state index is 0.0548. The van der Waals surface area contributed by atoms with Crippen LogP contribution in [0.3, 0.4) is 0 Å². The molecule has 6 atom stereocenters. The highest BCUT2D eigenvalue weighted by Gasteiger charge is 2.63. The zero-order valence-corrected chi connectivity index (χ0v) is 12.6. The number of carbonyl (C=O) groups excluding carboxylic acids is 1. The Hall–Kier alpha value is -1.35. The Balaban J connectivity index is 1.50. The van der Waals surface area contributed by atoms with E-state index in [-0.39, 0.29) is 12.6 Å². The Morgan fingerprint density at radius 3 is 2.39 bits per heavy atom. The molecule has 1 aromatic rings. The van der Waals surface area contributed by atoms with Gasteiger partial charge in [0.15, 0.2) is 18.0 Å². The lowest BCUT2D eigenvalue weighted by molar-refractivity contribution is -0.447. The second-order valence-electron chi connectivity index (χ2n) is 5.70. The highest BCUT2D eigenvalue weighted by molar-refractivity contribution is 5.90. The molecule has 1 saturated carbocycles. The van der Waals surface area contributed by atoms with E-state index in [1.807, 2.05) is 30.3 Å². The summed E-state index contributed by atoms with van der Waals surface area (Å²) < 4.78 is 33.1. The van der Waals surface area contributed by atoms with E-state index in [1.165, 1.54) is 7.11 Å². The van der Waals surface area contributed by atoms with Gasteiger partial charge in [-0.1, -0.05) is 30.3 Å². The molecule has 0 spiro atoms. The molecule has 7 nitrogen and oxygen atoms in total. The molecule has 4 bridgehead atoms. The average Bonchev–Trinajstić information content (AvgIpc) is 2.58. The van der Waals surface area contributed by atoms with Crippen molar-refractivity contribution in [1.29, 1.82) is 0 Å². The largest absolute Gasteiger partial charge is 0.368 e. The van der Waals surface area contributed by atoms with E-state index in [0.29, 0.717) is 6.61 Å². The maximum absolute atomic E-state index is 12.5. The molecule has 0 N–H and O–H groups in total. The van der Waals surface area contributed by atoms with Gasteiger partial charge < -0.3 is 28.4 Å². The normalized spacial score (nSPS) is 38.2. The van der Waals surface area contributed by atoms with Crippen LogP contribution in [-0.2, 0) is 39.8 Å². The molecule has 3 saturated heterocycles. The Labute approximate surface area is 133 Å². The zero-order valence-electron chi connectivity index (χ0n) is 12.6. The number of ether oxygens (including phenoxy) is 6. The van der Waals surface area contributed by atoms with Crippen molar-refractivity contribution in [1.82, 2.24) is 0 Å². The fraction of sp³-hybridized carbons (Fsp3) is 0.562. The minimum atomic E-state index is -0.827. The smallest absolute Gasteiger partial charge is 0.273 e. The van der Waals surface area contributed by atoms with Crippen LogP contribution in [-0.4, -0.2) is 56.7 Å². The molecule has 3 aliphatic heterocycles. The molecule has 1 aromatic carbocycles. The van der Waals surface area contributed by atoms with Gasteiger partial charge in [0.2, 0.25) is 0 Å². The van der Waals surface area contributed by atoms with Gasteiger partial charge in [0, 0.05) is 7.11 Å². The predicted molar refractivity (Wildman–Crippen MR) is 75.2 cm³/mol. The summed E-state index contributed by atoms with van der Waals surface area (Å²) in [6, 6.07) is 9.73. The number of carbonyl (C=O) groups is 1. The van der Waals surface area contributed by atoms with Crippen molar-refractivity contribution < 1.29 is 33.2 Å². The number of methoxy groups -OCH3 is 1. The summed E-state index contributed by atoms with van der Waals surface area (Å²) in [6.07, 6.45) is -2.87. The van der Waals surface area contributed by atoms with Gasteiger partial charge in [-0.15, -0.1) is 0 Å². The summed E-state index contributed by atoms with van der Waals surface area (Å²) in [4.78, 5) is 12.5.